The first kappa shape index (κ1) is 15.5. The molecule has 0 heterocycles. The van der Waals surface area contributed by atoms with E-state index in [0.29, 0.717) is 13.0 Å². The largest absolute Gasteiger partial charge is 0.390 e. The number of hydrogen-bond acceptors (Lipinski definition) is 2. The number of hydrogen-bond donors (Lipinski definition) is 1. The van der Waals surface area contributed by atoms with Crippen molar-refractivity contribution in [3.8, 4) is 0 Å². The summed E-state index contributed by atoms with van der Waals surface area (Å²) in [5.41, 5.74) is 2.14. The molecule has 0 saturated heterocycles. The molecule has 0 aliphatic carbocycles. The van der Waals surface area contributed by atoms with Crippen LogP contribution in [-0.2, 0) is 11.2 Å². The highest BCUT2D eigenvalue weighted by Crippen LogP contribution is 2.24. The van der Waals surface area contributed by atoms with E-state index in [2.05, 4.69) is 46.9 Å². The summed E-state index contributed by atoms with van der Waals surface area (Å²) in [6, 6.07) is 18.1. The summed E-state index contributed by atoms with van der Waals surface area (Å²) in [6.07, 6.45) is -0.228. The smallest absolute Gasteiger partial charge is 0.109 e. The Labute approximate surface area is 133 Å². The quantitative estimate of drug-likeness (QED) is 0.767. The van der Waals surface area contributed by atoms with Crippen LogP contribution in [0.3, 0.4) is 0 Å². The fraction of sp³-hybridized carbons (Fsp3) is 0.294. The molecular weight excluding hydrogens is 363 g/mol. The van der Waals surface area contributed by atoms with Crippen LogP contribution >= 0.6 is 22.6 Å². The number of rotatable bonds is 6. The molecule has 0 saturated carbocycles. The Hall–Kier alpha value is -0.910. The number of halogens is 1. The van der Waals surface area contributed by atoms with Gasteiger partial charge >= 0.3 is 0 Å². The second-order valence-corrected chi connectivity index (χ2v) is 5.93. The van der Waals surface area contributed by atoms with Gasteiger partial charge in [0.2, 0.25) is 0 Å². The molecule has 0 radical (unpaired) electrons. The highest BCUT2D eigenvalue weighted by Gasteiger charge is 2.21. The Balaban J connectivity index is 2.11. The van der Waals surface area contributed by atoms with E-state index >= 15 is 0 Å². The van der Waals surface area contributed by atoms with E-state index in [9.17, 15) is 5.11 Å². The number of ether oxygens (including phenoxy) is 1. The third kappa shape index (κ3) is 4.30. The van der Waals surface area contributed by atoms with Gasteiger partial charge in [0.1, 0.15) is 6.10 Å². The molecule has 0 aromatic heterocycles. The van der Waals surface area contributed by atoms with Gasteiger partial charge in [0.15, 0.2) is 0 Å². The van der Waals surface area contributed by atoms with Crippen molar-refractivity contribution in [3.63, 3.8) is 0 Å². The minimum atomic E-state index is -0.544. The van der Waals surface area contributed by atoms with E-state index in [4.69, 9.17) is 4.74 Å². The molecule has 0 bridgehead atoms. The Morgan fingerprint density at radius 2 is 1.70 bits per heavy atom. The fourth-order valence-electron chi connectivity index (χ4n) is 2.22. The molecule has 1 N–H and O–H groups in total. The van der Waals surface area contributed by atoms with Gasteiger partial charge in [-0.15, -0.1) is 0 Å². The van der Waals surface area contributed by atoms with Crippen LogP contribution < -0.4 is 0 Å². The number of aliphatic hydroxyl groups is 1. The van der Waals surface area contributed by atoms with Crippen molar-refractivity contribution >= 4 is 22.6 Å². The van der Waals surface area contributed by atoms with Crippen LogP contribution in [0.5, 0.6) is 0 Å². The van der Waals surface area contributed by atoms with Crippen LogP contribution in [-0.4, -0.2) is 17.8 Å². The minimum absolute atomic E-state index is 0.277. The van der Waals surface area contributed by atoms with Crippen molar-refractivity contribution in [2.75, 3.05) is 6.61 Å². The zero-order valence-corrected chi connectivity index (χ0v) is 13.7. The van der Waals surface area contributed by atoms with Gasteiger partial charge in [0.05, 0.1) is 6.10 Å². The van der Waals surface area contributed by atoms with E-state index in [1.54, 1.807) is 0 Å². The van der Waals surface area contributed by atoms with E-state index in [1.807, 2.05) is 37.3 Å². The first-order valence-electron chi connectivity index (χ1n) is 6.79. The minimum Gasteiger partial charge on any atom is -0.390 e. The Bertz CT molecular complexity index is 510. The van der Waals surface area contributed by atoms with Gasteiger partial charge < -0.3 is 9.84 Å². The first-order chi connectivity index (χ1) is 9.70. The molecular formula is C17H19IO2. The fourth-order valence-corrected chi connectivity index (χ4v) is 2.58. The molecule has 0 aliphatic rings. The zero-order valence-electron chi connectivity index (χ0n) is 11.5. The average molecular weight is 382 g/mol. The first-order valence-corrected chi connectivity index (χ1v) is 7.87. The van der Waals surface area contributed by atoms with E-state index < -0.39 is 6.10 Å². The highest BCUT2D eigenvalue weighted by molar-refractivity contribution is 14.1. The molecule has 2 aromatic rings. The second kappa shape index (κ2) is 7.76. The van der Waals surface area contributed by atoms with Gasteiger partial charge in [-0.1, -0.05) is 42.5 Å². The van der Waals surface area contributed by atoms with Crippen LogP contribution in [0.15, 0.2) is 54.6 Å². The molecule has 20 heavy (non-hydrogen) atoms. The van der Waals surface area contributed by atoms with Gasteiger partial charge in [-0.25, -0.2) is 0 Å². The maximum Gasteiger partial charge on any atom is 0.109 e. The van der Waals surface area contributed by atoms with Gasteiger partial charge in [-0.2, -0.15) is 0 Å². The number of benzene rings is 2. The van der Waals surface area contributed by atoms with Gasteiger partial charge in [0, 0.05) is 16.6 Å². The van der Waals surface area contributed by atoms with Crippen molar-refractivity contribution in [2.45, 2.75) is 25.6 Å². The van der Waals surface area contributed by atoms with Crippen molar-refractivity contribution in [1.82, 2.24) is 0 Å². The summed E-state index contributed by atoms with van der Waals surface area (Å²) in [5, 5.41) is 10.5. The third-order valence-electron chi connectivity index (χ3n) is 3.18. The molecule has 0 fully saturated rings. The van der Waals surface area contributed by atoms with Crippen molar-refractivity contribution in [1.29, 1.82) is 0 Å². The summed E-state index contributed by atoms with van der Waals surface area (Å²) < 4.78 is 6.93. The lowest BCUT2D eigenvalue weighted by molar-refractivity contribution is -0.0339. The van der Waals surface area contributed by atoms with Crippen LogP contribution in [0.25, 0.3) is 0 Å². The molecule has 106 valence electrons. The average Bonchev–Trinajstić information content (AvgIpc) is 2.48. The van der Waals surface area contributed by atoms with E-state index in [0.717, 1.165) is 11.1 Å². The lowest BCUT2D eigenvalue weighted by atomic mass is 9.98. The zero-order chi connectivity index (χ0) is 14.4. The molecule has 0 spiro atoms. The monoisotopic (exact) mass is 382 g/mol. The van der Waals surface area contributed by atoms with Gasteiger partial charge in [-0.3, -0.25) is 0 Å². The second-order valence-electron chi connectivity index (χ2n) is 4.68. The Kier molecular flexibility index (Phi) is 6.01. The van der Waals surface area contributed by atoms with Crippen molar-refractivity contribution < 1.29 is 9.84 Å². The van der Waals surface area contributed by atoms with Crippen molar-refractivity contribution in [2.24, 2.45) is 0 Å². The van der Waals surface area contributed by atoms with Gasteiger partial charge in [0.25, 0.3) is 0 Å². The lowest BCUT2D eigenvalue weighted by Gasteiger charge is -2.23. The normalized spacial score (nSPS) is 13.9. The molecule has 3 heteroatoms. The molecule has 2 atom stereocenters. The lowest BCUT2D eigenvalue weighted by Crippen LogP contribution is -2.23. The summed E-state index contributed by atoms with van der Waals surface area (Å²) >= 11 is 2.28. The molecule has 2 rings (SSSR count). The topological polar surface area (TPSA) is 29.5 Å². The number of aliphatic hydroxyl groups excluding tert-OH is 1. The van der Waals surface area contributed by atoms with E-state index in [1.165, 1.54) is 3.57 Å². The van der Waals surface area contributed by atoms with Crippen LogP contribution in [0.4, 0.5) is 0 Å². The Morgan fingerprint density at radius 3 is 2.30 bits per heavy atom. The van der Waals surface area contributed by atoms with E-state index in [-0.39, 0.29) is 6.10 Å². The SMILES string of the molecule is CCOC(c1ccccc1)C(O)Cc1ccc(I)cc1. The predicted octanol–water partition coefficient (Wildman–Crippen LogP) is 3.97. The molecule has 2 nitrogen and oxygen atoms in total. The third-order valence-corrected chi connectivity index (χ3v) is 3.90. The molecule has 2 unspecified atom stereocenters. The Morgan fingerprint density at radius 1 is 1.05 bits per heavy atom. The summed E-state index contributed by atoms with van der Waals surface area (Å²) in [6.45, 7) is 2.54. The molecule has 0 aliphatic heterocycles. The maximum absolute atomic E-state index is 10.5. The van der Waals surface area contributed by atoms with Crippen LogP contribution in [0, 0.1) is 3.57 Å². The summed E-state index contributed by atoms with van der Waals surface area (Å²) in [4.78, 5) is 0. The van der Waals surface area contributed by atoms with Crippen molar-refractivity contribution in [3.05, 3.63) is 69.3 Å². The summed E-state index contributed by atoms with van der Waals surface area (Å²) in [5.74, 6) is 0. The molecule has 0 amide bonds. The van der Waals surface area contributed by atoms with Gasteiger partial charge in [-0.05, 0) is 52.8 Å². The molecule has 2 aromatic carbocycles. The predicted molar refractivity (Wildman–Crippen MR) is 89.7 cm³/mol. The standard InChI is InChI=1S/C17H19IO2/c1-2-20-17(14-6-4-3-5-7-14)16(19)12-13-8-10-15(18)11-9-13/h3-11,16-17,19H,2,12H2,1H3. The highest BCUT2D eigenvalue weighted by atomic mass is 127. The van der Waals surface area contributed by atoms with Crippen LogP contribution in [0.1, 0.15) is 24.2 Å². The maximum atomic E-state index is 10.5. The van der Waals surface area contributed by atoms with Crippen LogP contribution in [0.2, 0.25) is 0 Å². The summed E-state index contributed by atoms with van der Waals surface area (Å²) in [7, 11) is 0.